The number of hydrogen-bond donors (Lipinski definition) is 1. The number of thiophene rings is 1. The van der Waals surface area contributed by atoms with Crippen LogP contribution in [0.3, 0.4) is 0 Å². The molecule has 0 saturated carbocycles. The fourth-order valence-electron chi connectivity index (χ4n) is 4.13. The highest BCUT2D eigenvalue weighted by Gasteiger charge is 2.63. The summed E-state index contributed by atoms with van der Waals surface area (Å²) in [5, 5.41) is 8.95. The highest BCUT2D eigenvalue weighted by Crippen LogP contribution is 2.50. The molecule has 0 bridgehead atoms. The molecule has 8 heteroatoms. The molecule has 1 aromatic heterocycles. The summed E-state index contributed by atoms with van der Waals surface area (Å²) in [5.41, 5.74) is 0.505. The van der Waals surface area contributed by atoms with E-state index in [1.54, 1.807) is 49.6 Å². The fraction of sp³-hybridized carbons (Fsp3) is 0.174. The molecule has 0 fully saturated rings. The van der Waals surface area contributed by atoms with Gasteiger partial charge in [0, 0.05) is 22.9 Å². The van der Waals surface area contributed by atoms with Crippen molar-refractivity contribution >= 4 is 34.4 Å². The van der Waals surface area contributed by atoms with Gasteiger partial charge in [-0.3, -0.25) is 9.59 Å². The number of benzene rings is 2. The van der Waals surface area contributed by atoms with Crippen molar-refractivity contribution in [1.82, 2.24) is 0 Å². The Morgan fingerprint density at radius 1 is 1.13 bits per heavy atom. The molecule has 156 valence electrons. The lowest BCUT2D eigenvalue weighted by molar-refractivity contribution is -0.140. The van der Waals surface area contributed by atoms with E-state index in [1.807, 2.05) is 17.5 Å². The number of ether oxygens (including phenoxy) is 2. The quantitative estimate of drug-likeness (QED) is 0.617. The van der Waals surface area contributed by atoms with E-state index in [0.29, 0.717) is 38.9 Å². The van der Waals surface area contributed by atoms with Gasteiger partial charge in [0.2, 0.25) is 0 Å². The van der Waals surface area contributed by atoms with E-state index in [2.05, 4.69) is 10.5 Å². The van der Waals surface area contributed by atoms with Gasteiger partial charge < -0.3 is 19.6 Å². The van der Waals surface area contributed by atoms with Crippen molar-refractivity contribution in [3.05, 3.63) is 76.0 Å². The minimum Gasteiger partial charge on any atom is -0.497 e. The molecule has 1 N–H and O–H groups in total. The van der Waals surface area contributed by atoms with E-state index < -0.39 is 17.4 Å². The second-order valence-corrected chi connectivity index (χ2v) is 8.09. The van der Waals surface area contributed by atoms with Gasteiger partial charge in [0.05, 0.1) is 19.1 Å². The van der Waals surface area contributed by atoms with Crippen LogP contribution in [-0.4, -0.2) is 31.6 Å². The van der Waals surface area contributed by atoms with Gasteiger partial charge in [-0.2, -0.15) is 0 Å². The molecule has 0 saturated heterocycles. The standard InChI is InChI=1S/C23H18N2O5S/c1-28-13-9-10-14(17(12-13)29-2)20-19(21(26)18-8-5-11-31-18)23(30-25-20)15-6-3-4-7-16(15)24-22(23)27/h3-12,19H,1-2H3,(H,24,27)/t19-,23-/m0/s1. The van der Waals surface area contributed by atoms with Crippen molar-refractivity contribution in [2.24, 2.45) is 11.1 Å². The number of carbonyl (C=O) groups is 2. The van der Waals surface area contributed by atoms with Crippen LogP contribution >= 0.6 is 11.3 Å². The summed E-state index contributed by atoms with van der Waals surface area (Å²) in [6.07, 6.45) is 0. The first kappa shape index (κ1) is 19.3. The number of ketones is 1. The number of rotatable bonds is 5. The van der Waals surface area contributed by atoms with Crippen LogP contribution in [0.5, 0.6) is 11.5 Å². The van der Waals surface area contributed by atoms with Crippen LogP contribution in [0.4, 0.5) is 5.69 Å². The monoisotopic (exact) mass is 434 g/mol. The number of anilines is 1. The molecule has 2 aromatic carbocycles. The molecule has 7 nitrogen and oxygen atoms in total. The third-order valence-electron chi connectivity index (χ3n) is 5.59. The Morgan fingerprint density at radius 3 is 2.71 bits per heavy atom. The molecular formula is C23H18N2O5S. The van der Waals surface area contributed by atoms with Crippen molar-refractivity contribution in [1.29, 1.82) is 0 Å². The summed E-state index contributed by atoms with van der Waals surface area (Å²) in [6, 6.07) is 15.9. The first-order chi connectivity index (χ1) is 15.1. The molecule has 1 spiro atoms. The van der Waals surface area contributed by atoms with Crippen molar-refractivity contribution in [2.45, 2.75) is 5.60 Å². The lowest BCUT2D eigenvalue weighted by Crippen LogP contribution is -2.46. The van der Waals surface area contributed by atoms with Gasteiger partial charge in [-0.15, -0.1) is 11.3 Å². The van der Waals surface area contributed by atoms with Crippen molar-refractivity contribution < 1.29 is 23.9 Å². The molecule has 31 heavy (non-hydrogen) atoms. The van der Waals surface area contributed by atoms with Crippen molar-refractivity contribution in [3.8, 4) is 11.5 Å². The maximum absolute atomic E-state index is 13.7. The van der Waals surface area contributed by atoms with Crippen LogP contribution in [0.2, 0.25) is 0 Å². The molecule has 2 aliphatic rings. The van der Waals surface area contributed by atoms with Crippen molar-refractivity contribution in [2.75, 3.05) is 19.5 Å². The third-order valence-corrected chi connectivity index (χ3v) is 6.48. The zero-order valence-electron chi connectivity index (χ0n) is 16.7. The van der Waals surface area contributed by atoms with Crippen molar-refractivity contribution in [3.63, 3.8) is 0 Å². The Hall–Kier alpha value is -3.65. The number of methoxy groups -OCH3 is 2. The van der Waals surface area contributed by atoms with Crippen LogP contribution in [0.1, 0.15) is 20.8 Å². The number of hydrogen-bond acceptors (Lipinski definition) is 7. The van der Waals surface area contributed by atoms with E-state index in [-0.39, 0.29) is 5.78 Å². The number of nitrogens with one attached hydrogen (secondary N) is 1. The lowest BCUT2D eigenvalue weighted by Gasteiger charge is -2.26. The summed E-state index contributed by atoms with van der Waals surface area (Å²) in [7, 11) is 3.08. The number of oxime groups is 1. The number of carbonyl (C=O) groups excluding carboxylic acids is 2. The Kier molecular flexibility index (Phi) is 4.51. The first-order valence-electron chi connectivity index (χ1n) is 9.57. The predicted molar refractivity (Wildman–Crippen MR) is 116 cm³/mol. The molecule has 5 rings (SSSR count). The van der Waals surface area contributed by atoms with E-state index in [0.717, 1.165) is 0 Å². The molecule has 2 atom stereocenters. The third kappa shape index (κ3) is 2.75. The van der Waals surface area contributed by atoms with Gasteiger partial charge >= 0.3 is 0 Å². The summed E-state index contributed by atoms with van der Waals surface area (Å²) in [5.74, 6) is -0.586. The Morgan fingerprint density at radius 2 is 1.97 bits per heavy atom. The Bertz CT molecular complexity index is 1220. The van der Waals surface area contributed by atoms with Crippen LogP contribution in [0.15, 0.2) is 65.1 Å². The molecule has 2 aliphatic heterocycles. The summed E-state index contributed by atoms with van der Waals surface area (Å²) >= 11 is 1.31. The maximum atomic E-state index is 13.7. The first-order valence-corrected chi connectivity index (χ1v) is 10.4. The summed E-state index contributed by atoms with van der Waals surface area (Å²) in [4.78, 5) is 33.4. The minimum absolute atomic E-state index is 0.240. The maximum Gasteiger partial charge on any atom is 0.277 e. The smallest absolute Gasteiger partial charge is 0.277 e. The number of amides is 1. The number of para-hydroxylation sites is 1. The lowest BCUT2D eigenvalue weighted by atomic mass is 9.75. The topological polar surface area (TPSA) is 86.2 Å². The minimum atomic E-state index is -1.59. The van der Waals surface area contributed by atoms with Gasteiger partial charge in [0.1, 0.15) is 23.1 Å². The largest absolute Gasteiger partial charge is 0.497 e. The van der Waals surface area contributed by atoms with Gasteiger partial charge in [0.15, 0.2) is 5.78 Å². The van der Waals surface area contributed by atoms with E-state index in [9.17, 15) is 9.59 Å². The van der Waals surface area contributed by atoms with E-state index >= 15 is 0 Å². The van der Waals surface area contributed by atoms with Crippen LogP contribution in [-0.2, 0) is 15.2 Å². The average molecular weight is 434 g/mol. The van der Waals surface area contributed by atoms with Crippen LogP contribution in [0, 0.1) is 5.92 Å². The Balaban J connectivity index is 1.71. The summed E-state index contributed by atoms with van der Waals surface area (Å²) in [6.45, 7) is 0. The van der Waals surface area contributed by atoms with Gasteiger partial charge in [-0.05, 0) is 29.6 Å². The van der Waals surface area contributed by atoms with Crippen LogP contribution in [0.25, 0.3) is 0 Å². The normalized spacial score (nSPS) is 21.3. The van der Waals surface area contributed by atoms with E-state index in [4.69, 9.17) is 14.3 Å². The molecule has 1 amide bonds. The van der Waals surface area contributed by atoms with Gasteiger partial charge in [0.25, 0.3) is 11.5 Å². The number of fused-ring (bicyclic) bond motifs is 2. The fourth-order valence-corrected chi connectivity index (χ4v) is 4.83. The molecule has 0 radical (unpaired) electrons. The molecular weight excluding hydrogens is 416 g/mol. The summed E-state index contributed by atoms with van der Waals surface area (Å²) < 4.78 is 10.8. The van der Waals surface area contributed by atoms with Crippen LogP contribution < -0.4 is 14.8 Å². The highest BCUT2D eigenvalue weighted by molar-refractivity contribution is 7.12. The molecule has 0 unspecified atom stereocenters. The SMILES string of the molecule is COc1ccc(C2=NO[C@]3(C(=O)Nc4ccccc43)[C@@H]2C(=O)c2cccs2)c(OC)c1. The van der Waals surface area contributed by atoms with Gasteiger partial charge in [-0.1, -0.05) is 29.4 Å². The zero-order chi connectivity index (χ0) is 21.6. The van der Waals surface area contributed by atoms with E-state index in [1.165, 1.54) is 18.4 Å². The number of nitrogens with zero attached hydrogens (tertiary/aromatic N) is 1. The second kappa shape index (κ2) is 7.24. The van der Waals surface area contributed by atoms with Gasteiger partial charge in [-0.25, -0.2) is 0 Å². The molecule has 3 heterocycles. The predicted octanol–water partition coefficient (Wildman–Crippen LogP) is 3.85. The Labute approximate surface area is 182 Å². The average Bonchev–Trinajstić information content (AvgIpc) is 3.53. The zero-order valence-corrected chi connectivity index (χ0v) is 17.6. The number of Topliss-reactive ketones (excluding diaryl/α,β-unsaturated/α-hetero) is 1. The molecule has 3 aromatic rings. The second-order valence-electron chi connectivity index (χ2n) is 7.14. The molecule has 0 aliphatic carbocycles. The highest BCUT2D eigenvalue weighted by atomic mass is 32.1.